The third-order valence-electron chi connectivity index (χ3n) is 5.80. The number of H-pyrrole nitrogens is 1. The molecule has 34 heavy (non-hydrogen) atoms. The zero-order chi connectivity index (χ0) is 23.1. The average molecular weight is 449 g/mol. The Morgan fingerprint density at radius 2 is 1.71 bits per heavy atom. The molecule has 0 atom stereocenters. The van der Waals surface area contributed by atoms with Crippen LogP contribution in [-0.2, 0) is 13.1 Å². The predicted octanol–water partition coefficient (Wildman–Crippen LogP) is 5.22. The Morgan fingerprint density at radius 1 is 0.824 bits per heavy atom. The van der Waals surface area contributed by atoms with Crippen LogP contribution in [-0.4, -0.2) is 20.2 Å². The van der Waals surface area contributed by atoms with Crippen molar-refractivity contribution in [3.05, 3.63) is 107 Å². The molecule has 0 saturated carbocycles. The molecule has 6 rings (SSSR count). The van der Waals surface area contributed by atoms with E-state index in [9.17, 15) is 8.78 Å². The first-order chi connectivity index (χ1) is 16.6. The largest absolute Gasteiger partial charge is 0.332 e. The highest BCUT2D eigenvalue weighted by atomic mass is 19.1. The molecule has 0 amide bonds. The number of anilines is 1. The zero-order valence-electron chi connectivity index (χ0n) is 17.9. The van der Waals surface area contributed by atoms with Crippen LogP contribution in [0.5, 0.6) is 0 Å². The first-order valence-corrected chi connectivity index (χ1v) is 10.7. The van der Waals surface area contributed by atoms with Crippen LogP contribution in [0.2, 0.25) is 0 Å². The number of nitrogens with one attached hydrogen (secondary N) is 1. The normalized spacial score (nSPS) is 12.5. The van der Waals surface area contributed by atoms with E-state index < -0.39 is 5.82 Å². The third kappa shape index (κ3) is 3.86. The van der Waals surface area contributed by atoms with E-state index in [4.69, 9.17) is 0 Å². The monoisotopic (exact) mass is 449 g/mol. The molecule has 0 bridgehead atoms. The second-order valence-corrected chi connectivity index (χ2v) is 8.16. The Kier molecular flexibility index (Phi) is 4.77. The van der Waals surface area contributed by atoms with Gasteiger partial charge in [-0.3, -0.25) is 5.10 Å². The van der Waals surface area contributed by atoms with E-state index in [-0.39, 0.29) is 5.82 Å². The summed E-state index contributed by atoms with van der Waals surface area (Å²) in [5, 5.41) is 7.88. The van der Waals surface area contributed by atoms with Gasteiger partial charge in [-0.05, 0) is 65.7 Å². The van der Waals surface area contributed by atoms with Gasteiger partial charge in [0.15, 0.2) is 0 Å². The predicted molar refractivity (Wildman–Crippen MR) is 126 cm³/mol. The fourth-order valence-electron chi connectivity index (χ4n) is 4.14. The van der Waals surface area contributed by atoms with Crippen molar-refractivity contribution >= 4 is 16.9 Å². The summed E-state index contributed by atoms with van der Waals surface area (Å²) in [6.07, 6.45) is 3.39. The van der Waals surface area contributed by atoms with Crippen molar-refractivity contribution in [2.75, 3.05) is 4.90 Å². The maximum Gasteiger partial charge on any atom is 0.226 e. The molecule has 164 valence electrons. The van der Waals surface area contributed by atoms with E-state index in [1.807, 2.05) is 29.2 Å². The number of aromatic nitrogens is 4. The average Bonchev–Trinajstić information content (AvgIpc) is 3.49. The summed E-state index contributed by atoms with van der Waals surface area (Å²) in [6, 6.07) is 16.9. The molecular weight excluding hydrogens is 432 g/mol. The SMILES string of the molecule is Fc1cc(C#Cc2ccc3[nH]ncc3c2)cc(-c2ccnc(N3Cc4ccc(F)cc4C3)n2)c1. The quantitative estimate of drug-likeness (QED) is 0.376. The van der Waals surface area contributed by atoms with Gasteiger partial charge in [0, 0.05) is 41.4 Å². The Labute approximate surface area is 194 Å². The summed E-state index contributed by atoms with van der Waals surface area (Å²) < 4.78 is 28.0. The number of halogens is 2. The fraction of sp³-hybridized carbons (Fsp3) is 0.0741. The molecule has 0 unspecified atom stereocenters. The summed E-state index contributed by atoms with van der Waals surface area (Å²) in [6.45, 7) is 1.12. The highest BCUT2D eigenvalue weighted by Gasteiger charge is 2.22. The van der Waals surface area contributed by atoms with Crippen molar-refractivity contribution in [2.45, 2.75) is 13.1 Å². The molecule has 3 heterocycles. The Balaban J connectivity index is 1.29. The number of hydrogen-bond donors (Lipinski definition) is 1. The molecule has 5 aromatic rings. The van der Waals surface area contributed by atoms with E-state index in [0.717, 1.165) is 27.6 Å². The Bertz CT molecular complexity index is 1610. The van der Waals surface area contributed by atoms with Gasteiger partial charge in [-0.25, -0.2) is 18.7 Å². The number of rotatable bonds is 2. The molecule has 3 aromatic carbocycles. The maximum absolute atomic E-state index is 14.5. The summed E-state index contributed by atoms with van der Waals surface area (Å²) in [5.41, 5.74) is 5.47. The molecule has 1 aliphatic heterocycles. The molecule has 0 saturated heterocycles. The fourth-order valence-corrected chi connectivity index (χ4v) is 4.14. The van der Waals surface area contributed by atoms with E-state index in [0.29, 0.717) is 35.9 Å². The Hall–Kier alpha value is -4.57. The van der Waals surface area contributed by atoms with Crippen LogP contribution >= 0.6 is 0 Å². The molecule has 0 aliphatic carbocycles. The van der Waals surface area contributed by atoms with Crippen LogP contribution in [0, 0.1) is 23.5 Å². The van der Waals surface area contributed by atoms with Gasteiger partial charge in [-0.1, -0.05) is 17.9 Å². The minimum Gasteiger partial charge on any atom is -0.332 e. The molecule has 0 fully saturated rings. The molecule has 5 nitrogen and oxygen atoms in total. The first-order valence-electron chi connectivity index (χ1n) is 10.7. The van der Waals surface area contributed by atoms with E-state index in [2.05, 4.69) is 32.0 Å². The van der Waals surface area contributed by atoms with Crippen LogP contribution in [0.25, 0.3) is 22.2 Å². The third-order valence-corrected chi connectivity index (χ3v) is 5.80. The van der Waals surface area contributed by atoms with Crippen LogP contribution < -0.4 is 4.90 Å². The van der Waals surface area contributed by atoms with Crippen LogP contribution in [0.3, 0.4) is 0 Å². The smallest absolute Gasteiger partial charge is 0.226 e. The lowest BCUT2D eigenvalue weighted by molar-refractivity contribution is 0.626. The molecule has 7 heteroatoms. The second-order valence-electron chi connectivity index (χ2n) is 8.16. The lowest BCUT2D eigenvalue weighted by Crippen LogP contribution is -2.17. The lowest BCUT2D eigenvalue weighted by atomic mass is 10.1. The van der Waals surface area contributed by atoms with E-state index in [1.54, 1.807) is 30.6 Å². The topological polar surface area (TPSA) is 57.7 Å². The molecule has 2 aromatic heterocycles. The van der Waals surface area contributed by atoms with Crippen molar-refractivity contribution in [3.8, 4) is 23.1 Å². The van der Waals surface area contributed by atoms with Gasteiger partial charge >= 0.3 is 0 Å². The van der Waals surface area contributed by atoms with Gasteiger partial charge in [-0.2, -0.15) is 5.10 Å². The lowest BCUT2D eigenvalue weighted by Gasteiger charge is -2.15. The maximum atomic E-state index is 14.5. The molecule has 1 aliphatic rings. The molecule has 0 radical (unpaired) electrons. The van der Waals surface area contributed by atoms with Crippen molar-refractivity contribution in [1.82, 2.24) is 20.2 Å². The number of nitrogens with zero attached hydrogens (tertiary/aromatic N) is 4. The van der Waals surface area contributed by atoms with Crippen molar-refractivity contribution < 1.29 is 8.78 Å². The van der Waals surface area contributed by atoms with E-state index >= 15 is 0 Å². The zero-order valence-corrected chi connectivity index (χ0v) is 17.9. The standard InChI is InChI=1S/C27H17F2N5/c28-23-5-4-19-15-34(16-22(19)13-23)27-30-8-7-25(32-27)20-10-18(11-24(29)12-20)2-1-17-3-6-26-21(9-17)14-31-33-26/h3-14H,15-16H2,(H,31,33). The highest BCUT2D eigenvalue weighted by molar-refractivity contribution is 5.79. The number of fused-ring (bicyclic) bond motifs is 2. The Morgan fingerprint density at radius 3 is 2.65 bits per heavy atom. The summed E-state index contributed by atoms with van der Waals surface area (Å²) >= 11 is 0. The summed E-state index contributed by atoms with van der Waals surface area (Å²) in [4.78, 5) is 11.0. The van der Waals surface area contributed by atoms with Crippen molar-refractivity contribution in [1.29, 1.82) is 0 Å². The molecule has 0 spiro atoms. The van der Waals surface area contributed by atoms with Gasteiger partial charge in [0.2, 0.25) is 5.95 Å². The van der Waals surface area contributed by atoms with Crippen LogP contribution in [0.4, 0.5) is 14.7 Å². The van der Waals surface area contributed by atoms with Crippen LogP contribution in [0.1, 0.15) is 22.3 Å². The molecule has 1 N–H and O–H groups in total. The number of benzene rings is 3. The first kappa shape index (κ1) is 20.1. The van der Waals surface area contributed by atoms with Crippen molar-refractivity contribution in [3.63, 3.8) is 0 Å². The summed E-state index contributed by atoms with van der Waals surface area (Å²) in [7, 11) is 0. The number of aromatic amines is 1. The minimum atomic E-state index is -0.392. The van der Waals surface area contributed by atoms with Gasteiger partial charge in [0.1, 0.15) is 11.6 Å². The van der Waals surface area contributed by atoms with Gasteiger partial charge in [0.25, 0.3) is 0 Å². The van der Waals surface area contributed by atoms with Gasteiger partial charge in [0.05, 0.1) is 17.4 Å². The highest BCUT2D eigenvalue weighted by Crippen LogP contribution is 2.28. The van der Waals surface area contributed by atoms with Gasteiger partial charge < -0.3 is 4.90 Å². The summed E-state index contributed by atoms with van der Waals surface area (Å²) in [5.74, 6) is 6.00. The van der Waals surface area contributed by atoms with Crippen LogP contribution in [0.15, 0.2) is 73.1 Å². The minimum absolute atomic E-state index is 0.256. The number of hydrogen-bond acceptors (Lipinski definition) is 4. The van der Waals surface area contributed by atoms with E-state index in [1.165, 1.54) is 18.2 Å². The molecular formula is C27H17F2N5. The second kappa shape index (κ2) is 8.09. The van der Waals surface area contributed by atoms with Crippen molar-refractivity contribution in [2.24, 2.45) is 0 Å². The van der Waals surface area contributed by atoms with Gasteiger partial charge in [-0.15, -0.1) is 0 Å².